The van der Waals surface area contributed by atoms with Gasteiger partial charge in [-0.05, 0) is 37.5 Å². The number of carbonyl (C=O) groups excluding carboxylic acids is 4. The van der Waals surface area contributed by atoms with Crippen molar-refractivity contribution in [3.05, 3.63) is 0 Å². The molecule has 3 N–H and O–H groups in total. The van der Waals surface area contributed by atoms with Gasteiger partial charge in [-0.15, -0.1) is 0 Å². The number of aliphatic hydroxyl groups excluding tert-OH is 1. The number of hydrogen-bond donors (Lipinski definition) is 3. The molecule has 0 saturated heterocycles. The molecule has 7 atom stereocenters. The van der Waals surface area contributed by atoms with Crippen LogP contribution in [0, 0.1) is 11.8 Å². The highest BCUT2D eigenvalue weighted by molar-refractivity contribution is 7.47. The van der Waals surface area contributed by atoms with Gasteiger partial charge in [0.15, 0.2) is 12.2 Å². The monoisotopic (exact) mass is 1400 g/mol. The van der Waals surface area contributed by atoms with Gasteiger partial charge in [0, 0.05) is 25.7 Å². The van der Waals surface area contributed by atoms with Crippen molar-refractivity contribution < 1.29 is 80.2 Å². The van der Waals surface area contributed by atoms with Gasteiger partial charge in [0.25, 0.3) is 0 Å². The fourth-order valence-corrected chi connectivity index (χ4v) is 13.2. The Bertz CT molecular complexity index is 1840. The highest BCUT2D eigenvalue weighted by atomic mass is 31.2. The third-order valence-corrected chi connectivity index (χ3v) is 20.3. The minimum atomic E-state index is -4.96. The molecule has 95 heavy (non-hydrogen) atoms. The lowest BCUT2D eigenvalue weighted by Crippen LogP contribution is -2.30. The second-order valence-corrected chi connectivity index (χ2v) is 30.8. The average Bonchev–Trinajstić information content (AvgIpc) is 2.03. The Hall–Kier alpha value is -1.94. The van der Waals surface area contributed by atoms with Crippen LogP contribution in [-0.4, -0.2) is 96.7 Å². The quantitative estimate of drug-likeness (QED) is 0.0222. The summed E-state index contributed by atoms with van der Waals surface area (Å²) in [5.74, 6) is -0.499. The maximum Gasteiger partial charge on any atom is 0.472 e. The number of esters is 4. The number of ether oxygens (including phenoxy) is 4. The van der Waals surface area contributed by atoms with E-state index < -0.39 is 97.5 Å². The summed E-state index contributed by atoms with van der Waals surface area (Å²) in [5.41, 5.74) is 0. The molecule has 564 valence electrons. The van der Waals surface area contributed by atoms with Crippen LogP contribution < -0.4 is 0 Å². The number of rotatable bonds is 75. The van der Waals surface area contributed by atoms with Gasteiger partial charge in [0.05, 0.1) is 26.4 Å². The lowest BCUT2D eigenvalue weighted by molar-refractivity contribution is -0.161. The van der Waals surface area contributed by atoms with E-state index in [-0.39, 0.29) is 25.7 Å². The Morgan fingerprint density at radius 2 is 0.505 bits per heavy atom. The largest absolute Gasteiger partial charge is 0.472 e. The van der Waals surface area contributed by atoms with Crippen LogP contribution in [0.1, 0.15) is 395 Å². The van der Waals surface area contributed by atoms with E-state index in [4.69, 9.17) is 37.0 Å². The molecule has 0 aliphatic carbocycles. The molecule has 0 radical (unpaired) electrons. The molecule has 0 spiro atoms. The van der Waals surface area contributed by atoms with Gasteiger partial charge in [-0.3, -0.25) is 37.3 Å². The highest BCUT2D eigenvalue weighted by Crippen LogP contribution is 2.45. The SMILES string of the molecule is CCCCCCCCCCCCCCCCC(=O)OC[C@H](COP(=O)(O)OC[C@@H](O)COP(=O)(O)OC[C@@H](COC(=O)CCCCCCCCCCCCC)OC(=O)CCCCCCCCCCC(C)CC)OC(=O)CCCCCCCCCCCCCCCCC(C)CC. The molecule has 0 aliphatic rings. The Balaban J connectivity index is 5.25. The standard InChI is InChI=1S/C76H148O17P2/c1-7-11-13-15-17-19-21-22-26-30-34-41-47-53-59-74(79)87-64-71(92-75(80)60-54-48-42-35-31-27-24-23-25-29-32-38-44-50-56-68(5)9-3)66-90-94(82,83)88-62-70(77)63-89-95(84,85)91-67-72(65-86-73(78)58-52-46-40-33-28-20-18-16-14-12-8-2)93-76(81)61-55-49-43-37-36-39-45-51-57-69(6)10-4/h68-72,77H,7-67H2,1-6H3,(H,82,83)(H,84,85)/t68?,69?,70-,71-,72-/m1/s1. The lowest BCUT2D eigenvalue weighted by Gasteiger charge is -2.21. The molecule has 0 aromatic carbocycles. The van der Waals surface area contributed by atoms with Crippen molar-refractivity contribution in [2.45, 2.75) is 413 Å². The van der Waals surface area contributed by atoms with Crippen molar-refractivity contribution in [1.82, 2.24) is 0 Å². The zero-order valence-electron chi connectivity index (χ0n) is 62.0. The molecule has 19 heteroatoms. The van der Waals surface area contributed by atoms with E-state index in [2.05, 4.69) is 41.5 Å². The first-order valence-electron chi connectivity index (χ1n) is 39.6. The van der Waals surface area contributed by atoms with Crippen molar-refractivity contribution in [1.29, 1.82) is 0 Å². The summed E-state index contributed by atoms with van der Waals surface area (Å²) in [4.78, 5) is 72.8. The van der Waals surface area contributed by atoms with Crippen LogP contribution in [0.5, 0.6) is 0 Å². The molecule has 17 nitrogen and oxygen atoms in total. The second kappa shape index (κ2) is 67.9. The fraction of sp³-hybridized carbons (Fsp3) is 0.947. The highest BCUT2D eigenvalue weighted by Gasteiger charge is 2.30. The second-order valence-electron chi connectivity index (χ2n) is 27.9. The van der Waals surface area contributed by atoms with Crippen molar-refractivity contribution in [2.75, 3.05) is 39.6 Å². The molecule has 0 aromatic rings. The molecular weight excluding hydrogens is 1250 g/mol. The molecule has 0 aromatic heterocycles. The van der Waals surface area contributed by atoms with Crippen LogP contribution in [0.3, 0.4) is 0 Å². The summed E-state index contributed by atoms with van der Waals surface area (Å²) in [6, 6.07) is 0. The predicted molar refractivity (Wildman–Crippen MR) is 386 cm³/mol. The van der Waals surface area contributed by atoms with Gasteiger partial charge in [-0.25, -0.2) is 9.13 Å². The molecule has 0 amide bonds. The maximum absolute atomic E-state index is 13.1. The molecule has 0 fully saturated rings. The van der Waals surface area contributed by atoms with E-state index in [0.717, 1.165) is 102 Å². The summed E-state index contributed by atoms with van der Waals surface area (Å²) in [5, 5.41) is 10.6. The first-order chi connectivity index (χ1) is 45.9. The van der Waals surface area contributed by atoms with Gasteiger partial charge in [0.2, 0.25) is 0 Å². The maximum atomic E-state index is 13.1. The number of phosphoric ester groups is 2. The first-order valence-corrected chi connectivity index (χ1v) is 42.6. The summed E-state index contributed by atoms with van der Waals surface area (Å²) in [6.07, 6.45) is 55.2. The predicted octanol–water partition coefficient (Wildman–Crippen LogP) is 22.3. The van der Waals surface area contributed by atoms with Crippen molar-refractivity contribution in [3.63, 3.8) is 0 Å². The Labute approximate surface area is 581 Å². The molecular formula is C76H148O17P2. The third-order valence-electron chi connectivity index (χ3n) is 18.4. The smallest absolute Gasteiger partial charge is 0.462 e. The number of hydrogen-bond acceptors (Lipinski definition) is 15. The van der Waals surface area contributed by atoms with Gasteiger partial charge < -0.3 is 33.8 Å². The van der Waals surface area contributed by atoms with E-state index in [0.29, 0.717) is 25.7 Å². The van der Waals surface area contributed by atoms with Gasteiger partial charge >= 0.3 is 39.5 Å². The van der Waals surface area contributed by atoms with E-state index in [9.17, 15) is 43.2 Å². The topological polar surface area (TPSA) is 237 Å². The normalized spacial score (nSPS) is 14.6. The van der Waals surface area contributed by atoms with Gasteiger partial charge in [0.1, 0.15) is 19.3 Å². The van der Waals surface area contributed by atoms with Crippen molar-refractivity contribution >= 4 is 39.5 Å². The molecule has 0 saturated carbocycles. The van der Waals surface area contributed by atoms with Gasteiger partial charge in [-0.2, -0.15) is 0 Å². The number of carbonyl (C=O) groups is 4. The lowest BCUT2D eigenvalue weighted by atomic mass is 9.99. The Morgan fingerprint density at radius 3 is 0.747 bits per heavy atom. The van der Waals surface area contributed by atoms with Crippen molar-refractivity contribution in [3.8, 4) is 0 Å². The summed E-state index contributed by atoms with van der Waals surface area (Å²) in [7, 11) is -9.91. The molecule has 0 heterocycles. The van der Waals surface area contributed by atoms with E-state index in [1.165, 1.54) is 212 Å². The molecule has 0 bridgehead atoms. The van der Waals surface area contributed by atoms with Crippen molar-refractivity contribution in [2.24, 2.45) is 11.8 Å². The molecule has 0 aliphatic heterocycles. The Kier molecular flexibility index (Phi) is 66.5. The van der Waals surface area contributed by atoms with Crippen LogP contribution >= 0.6 is 15.6 Å². The molecule has 0 rings (SSSR count). The first kappa shape index (κ1) is 93.1. The minimum Gasteiger partial charge on any atom is -0.462 e. The fourth-order valence-electron chi connectivity index (χ4n) is 11.6. The van der Waals surface area contributed by atoms with Crippen LogP contribution in [-0.2, 0) is 65.4 Å². The van der Waals surface area contributed by atoms with E-state index in [1.54, 1.807) is 0 Å². The third kappa shape index (κ3) is 67.6. The van der Waals surface area contributed by atoms with Crippen LogP contribution in [0.4, 0.5) is 0 Å². The summed E-state index contributed by atoms with van der Waals surface area (Å²) < 4.78 is 68.5. The van der Waals surface area contributed by atoms with Crippen LogP contribution in [0.15, 0.2) is 0 Å². The van der Waals surface area contributed by atoms with Crippen LogP contribution in [0.25, 0.3) is 0 Å². The summed E-state index contributed by atoms with van der Waals surface area (Å²) >= 11 is 0. The number of phosphoric acid groups is 2. The minimum absolute atomic E-state index is 0.105. The number of aliphatic hydroxyl groups is 1. The van der Waals surface area contributed by atoms with Crippen LogP contribution in [0.2, 0.25) is 0 Å². The zero-order chi connectivity index (χ0) is 70.0. The average molecular weight is 1400 g/mol. The van der Waals surface area contributed by atoms with Gasteiger partial charge in [-0.1, -0.05) is 343 Å². The molecule has 4 unspecified atom stereocenters. The van der Waals surface area contributed by atoms with E-state index >= 15 is 0 Å². The number of unbranched alkanes of at least 4 members (excludes halogenated alkanes) is 43. The summed E-state index contributed by atoms with van der Waals surface area (Å²) in [6.45, 7) is 9.65. The Morgan fingerprint density at radius 1 is 0.295 bits per heavy atom. The zero-order valence-corrected chi connectivity index (χ0v) is 63.8. The van der Waals surface area contributed by atoms with E-state index in [1.807, 2.05) is 0 Å².